The lowest BCUT2D eigenvalue weighted by Gasteiger charge is -2.26. The summed E-state index contributed by atoms with van der Waals surface area (Å²) in [6, 6.07) is 7.69. The van der Waals surface area contributed by atoms with Crippen LogP contribution >= 0.6 is 0 Å². The second kappa shape index (κ2) is 6.08. The van der Waals surface area contributed by atoms with Crippen molar-refractivity contribution in [2.75, 3.05) is 13.2 Å². The number of esters is 1. The van der Waals surface area contributed by atoms with Gasteiger partial charge in [0.2, 0.25) is 0 Å². The standard InChI is InChI=1S/C18H18N4O3/c1-2-25-18(24)16-14-11-22(8-6-15(14)19-20-16)17(23)12-9-13-5-3-4-7-21(13)10-12/h3-5,7,9-10H,2,6,8,11H2,1H3,(H,19,20). The average Bonchev–Trinajstić information content (AvgIpc) is 3.24. The van der Waals surface area contributed by atoms with Gasteiger partial charge in [0.15, 0.2) is 0 Å². The van der Waals surface area contributed by atoms with Crippen molar-refractivity contribution in [1.82, 2.24) is 19.5 Å². The summed E-state index contributed by atoms with van der Waals surface area (Å²) in [5, 5.41) is 6.95. The fraction of sp³-hybridized carbons (Fsp3) is 0.278. The fourth-order valence-electron chi connectivity index (χ4n) is 3.19. The Balaban J connectivity index is 1.60. The van der Waals surface area contributed by atoms with Gasteiger partial charge in [0.25, 0.3) is 5.91 Å². The van der Waals surface area contributed by atoms with E-state index < -0.39 is 5.97 Å². The van der Waals surface area contributed by atoms with E-state index >= 15 is 0 Å². The maximum absolute atomic E-state index is 12.9. The van der Waals surface area contributed by atoms with E-state index in [0.717, 1.165) is 16.8 Å². The number of hydrogen-bond acceptors (Lipinski definition) is 4. The van der Waals surface area contributed by atoms with Crippen LogP contribution < -0.4 is 0 Å². The molecule has 1 aliphatic rings. The van der Waals surface area contributed by atoms with Crippen LogP contribution in [0.2, 0.25) is 0 Å². The van der Waals surface area contributed by atoms with Gasteiger partial charge in [-0.2, -0.15) is 5.10 Å². The number of ether oxygens (including phenoxy) is 1. The number of hydrogen-bond donors (Lipinski definition) is 1. The molecule has 0 bridgehead atoms. The highest BCUT2D eigenvalue weighted by atomic mass is 16.5. The second-order valence-electron chi connectivity index (χ2n) is 5.98. The molecule has 0 aromatic carbocycles. The van der Waals surface area contributed by atoms with Crippen LogP contribution in [0, 0.1) is 0 Å². The first-order valence-corrected chi connectivity index (χ1v) is 8.26. The number of carbonyl (C=O) groups is 2. The monoisotopic (exact) mass is 338 g/mol. The molecule has 0 saturated heterocycles. The normalized spacial score (nSPS) is 13.7. The molecule has 0 atom stereocenters. The Morgan fingerprint density at radius 1 is 1.36 bits per heavy atom. The smallest absolute Gasteiger partial charge is 0.356 e. The topological polar surface area (TPSA) is 79.7 Å². The summed E-state index contributed by atoms with van der Waals surface area (Å²) < 4.78 is 6.98. The molecular weight excluding hydrogens is 320 g/mol. The third-order valence-electron chi connectivity index (χ3n) is 4.44. The number of nitrogens with one attached hydrogen (secondary N) is 1. The van der Waals surface area contributed by atoms with E-state index in [1.54, 1.807) is 11.8 Å². The van der Waals surface area contributed by atoms with Crippen molar-refractivity contribution in [2.24, 2.45) is 0 Å². The minimum Gasteiger partial charge on any atom is -0.461 e. The molecule has 7 heteroatoms. The van der Waals surface area contributed by atoms with Gasteiger partial charge in [0, 0.05) is 36.4 Å². The summed E-state index contributed by atoms with van der Waals surface area (Å²) in [6.07, 6.45) is 4.36. The van der Waals surface area contributed by atoms with E-state index in [2.05, 4.69) is 10.2 Å². The average molecular weight is 338 g/mol. The van der Waals surface area contributed by atoms with E-state index in [-0.39, 0.29) is 5.91 Å². The van der Waals surface area contributed by atoms with Gasteiger partial charge >= 0.3 is 5.97 Å². The molecular formula is C18H18N4O3. The highest BCUT2D eigenvalue weighted by Crippen LogP contribution is 2.23. The Kier molecular flexibility index (Phi) is 3.76. The SMILES string of the molecule is CCOC(=O)c1[nH]nc2c1CN(C(=O)c1cc3ccccn3c1)CC2. The van der Waals surface area contributed by atoms with Gasteiger partial charge in [-0.05, 0) is 25.1 Å². The molecule has 0 aliphatic carbocycles. The summed E-state index contributed by atoms with van der Waals surface area (Å²) in [7, 11) is 0. The zero-order chi connectivity index (χ0) is 17.4. The van der Waals surface area contributed by atoms with Crippen molar-refractivity contribution in [2.45, 2.75) is 19.9 Å². The highest BCUT2D eigenvalue weighted by Gasteiger charge is 2.29. The van der Waals surface area contributed by atoms with Crippen LogP contribution in [0.5, 0.6) is 0 Å². The van der Waals surface area contributed by atoms with Gasteiger partial charge in [0.1, 0.15) is 5.69 Å². The zero-order valence-corrected chi connectivity index (χ0v) is 13.9. The van der Waals surface area contributed by atoms with E-state index in [9.17, 15) is 9.59 Å². The molecule has 0 fully saturated rings. The first-order chi connectivity index (χ1) is 12.2. The molecule has 1 aliphatic heterocycles. The number of fused-ring (bicyclic) bond motifs is 2. The van der Waals surface area contributed by atoms with Crippen LogP contribution in [0.3, 0.4) is 0 Å². The maximum atomic E-state index is 12.9. The minimum atomic E-state index is -0.430. The molecule has 3 aromatic heterocycles. The molecule has 0 unspecified atom stereocenters. The third-order valence-corrected chi connectivity index (χ3v) is 4.44. The Hall–Kier alpha value is -3.09. The van der Waals surface area contributed by atoms with E-state index in [0.29, 0.717) is 37.4 Å². The number of aromatic nitrogens is 3. The van der Waals surface area contributed by atoms with Gasteiger partial charge < -0.3 is 14.0 Å². The van der Waals surface area contributed by atoms with Gasteiger partial charge in [-0.1, -0.05) is 6.07 Å². The van der Waals surface area contributed by atoms with Crippen molar-refractivity contribution in [3.8, 4) is 0 Å². The summed E-state index contributed by atoms with van der Waals surface area (Å²) >= 11 is 0. The summed E-state index contributed by atoms with van der Waals surface area (Å²) in [5.74, 6) is -0.481. The number of nitrogens with zero attached hydrogens (tertiary/aromatic N) is 3. The number of amides is 1. The molecule has 25 heavy (non-hydrogen) atoms. The first-order valence-electron chi connectivity index (χ1n) is 8.26. The Bertz CT molecular complexity index is 923. The molecule has 0 spiro atoms. The predicted octanol–water partition coefficient (Wildman–Crippen LogP) is 2.04. The Morgan fingerprint density at radius 2 is 2.24 bits per heavy atom. The molecule has 4 rings (SSSR count). The van der Waals surface area contributed by atoms with Crippen LogP contribution in [-0.4, -0.2) is 44.5 Å². The van der Waals surface area contributed by atoms with Crippen molar-refractivity contribution in [1.29, 1.82) is 0 Å². The van der Waals surface area contributed by atoms with Crippen LogP contribution in [0.15, 0.2) is 36.7 Å². The fourth-order valence-corrected chi connectivity index (χ4v) is 3.19. The molecule has 128 valence electrons. The molecule has 3 aromatic rings. The summed E-state index contributed by atoms with van der Waals surface area (Å²) in [6.45, 7) is 2.98. The van der Waals surface area contributed by atoms with Gasteiger partial charge in [-0.15, -0.1) is 0 Å². The van der Waals surface area contributed by atoms with Crippen LogP contribution in [0.4, 0.5) is 0 Å². The molecule has 0 radical (unpaired) electrons. The van der Waals surface area contributed by atoms with Crippen molar-refractivity contribution in [3.63, 3.8) is 0 Å². The Morgan fingerprint density at radius 3 is 3.04 bits per heavy atom. The third kappa shape index (κ3) is 2.67. The molecule has 7 nitrogen and oxygen atoms in total. The summed E-state index contributed by atoms with van der Waals surface area (Å²) in [5.41, 5.74) is 3.53. The van der Waals surface area contributed by atoms with Crippen LogP contribution in [0.1, 0.15) is 39.0 Å². The second-order valence-corrected chi connectivity index (χ2v) is 5.98. The summed E-state index contributed by atoms with van der Waals surface area (Å²) in [4.78, 5) is 26.7. The van der Waals surface area contributed by atoms with Crippen molar-refractivity contribution >= 4 is 17.4 Å². The lowest BCUT2D eigenvalue weighted by Crippen LogP contribution is -2.36. The number of aromatic amines is 1. The first kappa shape index (κ1) is 15.4. The zero-order valence-electron chi connectivity index (χ0n) is 13.9. The van der Waals surface area contributed by atoms with Gasteiger partial charge in [-0.3, -0.25) is 9.89 Å². The number of H-pyrrole nitrogens is 1. The predicted molar refractivity (Wildman–Crippen MR) is 90.4 cm³/mol. The minimum absolute atomic E-state index is 0.0506. The maximum Gasteiger partial charge on any atom is 0.356 e. The van der Waals surface area contributed by atoms with E-state index in [1.807, 2.05) is 41.1 Å². The Labute approximate surface area is 144 Å². The van der Waals surface area contributed by atoms with Crippen molar-refractivity contribution in [3.05, 3.63) is 59.2 Å². The van der Waals surface area contributed by atoms with E-state index in [4.69, 9.17) is 4.74 Å². The van der Waals surface area contributed by atoms with Gasteiger partial charge in [-0.25, -0.2) is 4.79 Å². The van der Waals surface area contributed by atoms with E-state index in [1.165, 1.54) is 0 Å². The molecule has 0 saturated carbocycles. The molecule has 1 N–H and O–H groups in total. The quantitative estimate of drug-likeness (QED) is 0.741. The lowest BCUT2D eigenvalue weighted by molar-refractivity contribution is 0.0513. The van der Waals surface area contributed by atoms with Crippen LogP contribution in [-0.2, 0) is 17.7 Å². The number of carbonyl (C=O) groups excluding carboxylic acids is 2. The largest absolute Gasteiger partial charge is 0.461 e. The van der Waals surface area contributed by atoms with Gasteiger partial charge in [0.05, 0.1) is 24.4 Å². The number of rotatable bonds is 3. The molecule has 1 amide bonds. The molecule has 4 heterocycles. The van der Waals surface area contributed by atoms with Crippen LogP contribution in [0.25, 0.3) is 5.52 Å². The highest BCUT2D eigenvalue weighted by molar-refractivity contribution is 5.96. The van der Waals surface area contributed by atoms with Crippen molar-refractivity contribution < 1.29 is 14.3 Å². The number of pyridine rings is 1. The lowest BCUT2D eigenvalue weighted by atomic mass is 10.0.